The van der Waals surface area contributed by atoms with Gasteiger partial charge in [-0.2, -0.15) is 0 Å². The van der Waals surface area contributed by atoms with E-state index in [1.165, 1.54) is 0 Å². The minimum atomic E-state index is -0.0306. The van der Waals surface area contributed by atoms with Crippen molar-refractivity contribution in [1.29, 1.82) is 0 Å². The van der Waals surface area contributed by atoms with E-state index in [-0.39, 0.29) is 5.78 Å². The molecule has 0 saturated carbocycles. The molecule has 0 atom stereocenters. The Hall–Kier alpha value is -0.870. The SMILES string of the molecule is Cc1cc(C(=O)c2cc(Br)c(C)cc2Br)c(C)o1. The second kappa shape index (κ2) is 5.02. The maximum atomic E-state index is 12.5. The molecule has 0 unspecified atom stereocenters. The zero-order valence-corrected chi connectivity index (χ0v) is 13.5. The van der Waals surface area contributed by atoms with Crippen LogP contribution in [0, 0.1) is 20.8 Å². The molecule has 0 aliphatic carbocycles. The molecule has 1 aromatic heterocycles. The lowest BCUT2D eigenvalue weighted by Gasteiger charge is -2.06. The van der Waals surface area contributed by atoms with Gasteiger partial charge in [0.25, 0.3) is 0 Å². The van der Waals surface area contributed by atoms with Gasteiger partial charge in [0.1, 0.15) is 11.5 Å². The quantitative estimate of drug-likeness (QED) is 0.698. The molecule has 0 amide bonds. The monoisotopic (exact) mass is 370 g/mol. The van der Waals surface area contributed by atoms with Crippen LogP contribution in [-0.2, 0) is 0 Å². The Bertz CT molecular complexity index is 627. The van der Waals surface area contributed by atoms with E-state index >= 15 is 0 Å². The third-order valence-corrected chi connectivity index (χ3v) is 4.29. The highest BCUT2D eigenvalue weighted by molar-refractivity contribution is 9.11. The molecule has 1 aromatic carbocycles. The summed E-state index contributed by atoms with van der Waals surface area (Å²) in [6.07, 6.45) is 0. The normalized spacial score (nSPS) is 10.7. The van der Waals surface area contributed by atoms with E-state index in [0.29, 0.717) is 16.9 Å². The molecule has 0 bridgehead atoms. The predicted molar refractivity (Wildman–Crippen MR) is 78.2 cm³/mol. The smallest absolute Gasteiger partial charge is 0.197 e. The highest BCUT2D eigenvalue weighted by Crippen LogP contribution is 2.28. The zero-order chi connectivity index (χ0) is 13.4. The van der Waals surface area contributed by atoms with E-state index in [4.69, 9.17) is 4.42 Å². The van der Waals surface area contributed by atoms with E-state index in [0.717, 1.165) is 20.3 Å². The molecule has 0 aliphatic heterocycles. The number of furan rings is 1. The zero-order valence-electron chi connectivity index (χ0n) is 10.3. The third kappa shape index (κ3) is 2.45. The summed E-state index contributed by atoms with van der Waals surface area (Å²) < 4.78 is 7.12. The van der Waals surface area contributed by atoms with Gasteiger partial charge >= 0.3 is 0 Å². The Labute approximate surface area is 123 Å². The van der Waals surface area contributed by atoms with Gasteiger partial charge in [0.15, 0.2) is 5.78 Å². The van der Waals surface area contributed by atoms with Crippen LogP contribution in [-0.4, -0.2) is 5.78 Å². The van der Waals surface area contributed by atoms with Gasteiger partial charge in [0.2, 0.25) is 0 Å². The van der Waals surface area contributed by atoms with Crippen molar-refractivity contribution in [1.82, 2.24) is 0 Å². The highest BCUT2D eigenvalue weighted by atomic mass is 79.9. The van der Waals surface area contributed by atoms with Crippen molar-refractivity contribution in [2.75, 3.05) is 0 Å². The Morgan fingerprint density at radius 3 is 2.22 bits per heavy atom. The summed E-state index contributed by atoms with van der Waals surface area (Å²) in [5.41, 5.74) is 2.33. The summed E-state index contributed by atoms with van der Waals surface area (Å²) in [4.78, 5) is 12.5. The fourth-order valence-corrected chi connectivity index (χ4v) is 2.80. The van der Waals surface area contributed by atoms with Crippen molar-refractivity contribution >= 4 is 37.6 Å². The topological polar surface area (TPSA) is 30.2 Å². The van der Waals surface area contributed by atoms with Crippen LogP contribution in [0.15, 0.2) is 31.6 Å². The summed E-state index contributed by atoms with van der Waals surface area (Å²) in [5, 5.41) is 0. The number of aryl methyl sites for hydroxylation is 3. The number of halogens is 2. The Morgan fingerprint density at radius 1 is 1.00 bits per heavy atom. The first-order valence-electron chi connectivity index (χ1n) is 5.47. The molecular weight excluding hydrogens is 360 g/mol. The van der Waals surface area contributed by atoms with Crippen molar-refractivity contribution < 1.29 is 9.21 Å². The molecule has 2 nitrogen and oxygen atoms in total. The second-order valence-corrected chi connectivity index (χ2v) is 5.95. The number of hydrogen-bond donors (Lipinski definition) is 0. The number of hydrogen-bond acceptors (Lipinski definition) is 2. The van der Waals surface area contributed by atoms with E-state index in [1.54, 1.807) is 13.0 Å². The molecule has 4 heteroatoms. The molecule has 0 spiro atoms. The first kappa shape index (κ1) is 13.6. The first-order valence-corrected chi connectivity index (χ1v) is 7.06. The molecule has 0 saturated heterocycles. The van der Waals surface area contributed by atoms with Crippen molar-refractivity contribution in [3.63, 3.8) is 0 Å². The lowest BCUT2D eigenvalue weighted by Crippen LogP contribution is -2.03. The Morgan fingerprint density at radius 2 is 1.67 bits per heavy atom. The number of carbonyl (C=O) groups is 1. The number of carbonyl (C=O) groups excluding carboxylic acids is 1. The summed E-state index contributed by atoms with van der Waals surface area (Å²) in [6, 6.07) is 5.54. The van der Waals surface area contributed by atoms with Crippen LogP contribution in [0.25, 0.3) is 0 Å². The van der Waals surface area contributed by atoms with Gasteiger partial charge in [-0.15, -0.1) is 0 Å². The van der Waals surface area contributed by atoms with Gasteiger partial charge in [-0.1, -0.05) is 31.9 Å². The lowest BCUT2D eigenvalue weighted by molar-refractivity contribution is 0.103. The molecule has 0 fully saturated rings. The molecule has 2 aromatic rings. The first-order chi connectivity index (χ1) is 8.40. The predicted octanol–water partition coefficient (Wildman–Crippen LogP) is 4.96. The van der Waals surface area contributed by atoms with Crippen molar-refractivity contribution in [3.05, 3.63) is 55.4 Å². The van der Waals surface area contributed by atoms with Crippen LogP contribution in [0.2, 0.25) is 0 Å². The van der Waals surface area contributed by atoms with Gasteiger partial charge in [-0.25, -0.2) is 0 Å². The molecule has 0 aliphatic rings. The molecule has 2 rings (SSSR count). The van der Waals surface area contributed by atoms with Crippen LogP contribution in [0.3, 0.4) is 0 Å². The van der Waals surface area contributed by atoms with Crippen molar-refractivity contribution in [2.24, 2.45) is 0 Å². The summed E-state index contributed by atoms with van der Waals surface area (Å²) in [6.45, 7) is 5.62. The van der Waals surface area contributed by atoms with Gasteiger partial charge in [-0.3, -0.25) is 4.79 Å². The van der Waals surface area contributed by atoms with Crippen LogP contribution in [0.4, 0.5) is 0 Å². The van der Waals surface area contributed by atoms with Crippen LogP contribution < -0.4 is 0 Å². The lowest BCUT2D eigenvalue weighted by atomic mass is 10.0. The largest absolute Gasteiger partial charge is 0.466 e. The standard InChI is InChI=1S/C14H12Br2O2/c1-7-4-13(16)11(6-12(7)15)14(17)10-5-8(2)18-9(10)3/h4-6H,1-3H3. The van der Waals surface area contributed by atoms with E-state index < -0.39 is 0 Å². The second-order valence-electron chi connectivity index (χ2n) is 4.24. The maximum Gasteiger partial charge on any atom is 0.197 e. The molecule has 18 heavy (non-hydrogen) atoms. The fourth-order valence-electron chi connectivity index (χ4n) is 1.82. The van der Waals surface area contributed by atoms with E-state index in [2.05, 4.69) is 31.9 Å². The number of ketones is 1. The van der Waals surface area contributed by atoms with Crippen LogP contribution >= 0.6 is 31.9 Å². The number of benzene rings is 1. The minimum Gasteiger partial charge on any atom is -0.466 e. The van der Waals surface area contributed by atoms with E-state index in [9.17, 15) is 4.79 Å². The van der Waals surface area contributed by atoms with Crippen molar-refractivity contribution in [3.8, 4) is 0 Å². The molecule has 94 valence electrons. The average molecular weight is 372 g/mol. The highest BCUT2D eigenvalue weighted by Gasteiger charge is 2.18. The fraction of sp³-hybridized carbons (Fsp3) is 0.214. The Kier molecular flexibility index (Phi) is 3.78. The van der Waals surface area contributed by atoms with Gasteiger partial charge in [0, 0.05) is 14.5 Å². The Balaban J connectivity index is 2.53. The number of rotatable bonds is 2. The van der Waals surface area contributed by atoms with Gasteiger partial charge < -0.3 is 4.42 Å². The minimum absolute atomic E-state index is 0.0306. The third-order valence-electron chi connectivity index (χ3n) is 2.78. The van der Waals surface area contributed by atoms with Gasteiger partial charge in [0.05, 0.1) is 5.56 Å². The van der Waals surface area contributed by atoms with Crippen LogP contribution in [0.5, 0.6) is 0 Å². The summed E-state index contributed by atoms with van der Waals surface area (Å²) in [5.74, 6) is 1.37. The molecule has 0 N–H and O–H groups in total. The summed E-state index contributed by atoms with van der Waals surface area (Å²) >= 11 is 6.89. The van der Waals surface area contributed by atoms with Gasteiger partial charge in [-0.05, 0) is 44.5 Å². The maximum absolute atomic E-state index is 12.5. The molecule has 0 radical (unpaired) electrons. The van der Waals surface area contributed by atoms with Crippen LogP contribution in [0.1, 0.15) is 33.0 Å². The molecular formula is C14H12Br2O2. The molecule has 1 heterocycles. The van der Waals surface area contributed by atoms with Crippen molar-refractivity contribution in [2.45, 2.75) is 20.8 Å². The summed E-state index contributed by atoms with van der Waals surface area (Å²) in [7, 11) is 0. The average Bonchev–Trinajstić information content (AvgIpc) is 2.62. The van der Waals surface area contributed by atoms with E-state index in [1.807, 2.05) is 26.0 Å².